The van der Waals surface area contributed by atoms with Crippen molar-refractivity contribution in [1.82, 2.24) is 0 Å². The van der Waals surface area contributed by atoms with E-state index in [2.05, 4.69) is 11.7 Å². The summed E-state index contributed by atoms with van der Waals surface area (Å²) < 4.78 is 17.6. The van der Waals surface area contributed by atoms with Gasteiger partial charge in [0.25, 0.3) is 0 Å². The third-order valence-electron chi connectivity index (χ3n) is 0.0913. The molecule has 0 rings (SSSR count). The molecule has 2 N–H and O–H groups in total. The monoisotopic (exact) mass is 133 g/mol. The van der Waals surface area contributed by atoms with Gasteiger partial charge in [-0.25, -0.2) is 0 Å². The second kappa shape index (κ2) is 9.57. The number of nitrogens with zero attached hydrogens (tertiary/aromatic N) is 1. The summed E-state index contributed by atoms with van der Waals surface area (Å²) >= 11 is -2.36. The molecule has 1 atom stereocenters. The first-order valence-electron chi connectivity index (χ1n) is 1.49. The van der Waals surface area contributed by atoms with Gasteiger partial charge in [0, 0.05) is 17.3 Å². The van der Waals surface area contributed by atoms with Crippen LogP contribution >= 0.6 is 0 Å². The second-order valence-electron chi connectivity index (χ2n) is 0.594. The quantitative estimate of drug-likeness (QED) is 0.354. The van der Waals surface area contributed by atoms with Crippen molar-refractivity contribution >= 4 is 11.3 Å². The van der Waals surface area contributed by atoms with E-state index in [0.29, 0.717) is 0 Å². The van der Waals surface area contributed by atoms with Gasteiger partial charge in [-0.3, -0.25) is 9.35 Å². The van der Waals surface area contributed by atoms with Crippen LogP contribution in [-0.4, -0.2) is 8.76 Å². The predicted octanol–water partition coefficient (Wildman–Crippen LogP) is -0.565. The van der Waals surface area contributed by atoms with E-state index in [-0.39, 0.29) is 0 Å². The Balaban J connectivity index is 0. The fraction of sp³-hybridized carbons (Fsp3) is 0. The highest BCUT2D eigenvalue weighted by Gasteiger charge is 1.39. The highest BCUT2D eigenvalue weighted by Crippen LogP contribution is 1.41. The molecule has 4 nitrogen and oxygen atoms in total. The van der Waals surface area contributed by atoms with E-state index in [4.69, 9.17) is 14.0 Å². The third kappa shape index (κ3) is 1090. The second-order valence-corrected chi connectivity index (χ2v) is 1.11. The van der Waals surface area contributed by atoms with Crippen molar-refractivity contribution in [2.75, 3.05) is 0 Å². The Labute approximate surface area is 50.0 Å². The van der Waals surface area contributed by atoms with Gasteiger partial charge >= 0.3 is 0 Å². The van der Waals surface area contributed by atoms with Crippen LogP contribution in [-0.2, 0) is 11.3 Å². The van der Waals surface area contributed by atoms with Crippen molar-refractivity contribution < 1.29 is 8.76 Å². The lowest BCUT2D eigenvalue weighted by atomic mass is 10.8. The molecule has 0 heterocycles. The maximum atomic E-state index is 8.78. The van der Waals surface area contributed by atoms with Crippen LogP contribution in [0.5, 0.6) is 0 Å². The van der Waals surface area contributed by atoms with E-state index in [9.17, 15) is 0 Å². The summed E-state index contributed by atoms with van der Waals surface area (Å²) in [5.41, 5.74) is 0. The molecule has 0 aliphatic heterocycles. The lowest BCUT2D eigenvalue weighted by molar-refractivity contribution is 0.539. The summed E-state index contributed by atoms with van der Waals surface area (Å²) in [6.07, 6.45) is 1.18. The predicted molar refractivity (Wildman–Crippen MR) is 28.9 cm³/mol. The van der Waals surface area contributed by atoms with Gasteiger partial charge in [0.15, 0.2) is 0 Å². The van der Waals surface area contributed by atoms with Crippen molar-refractivity contribution in [3.63, 3.8) is 0 Å². The van der Waals surface area contributed by atoms with Crippen LogP contribution in [0.2, 0.25) is 0 Å². The van der Waals surface area contributed by atoms with E-state index in [1.165, 1.54) is 6.08 Å². The van der Waals surface area contributed by atoms with E-state index < -0.39 is 11.3 Å². The average molecular weight is 133 g/mol. The number of rotatable bonds is 0. The maximum absolute atomic E-state index is 8.78. The minimum atomic E-state index is -2.36. The average Bonchev–Trinajstić information content (AvgIpc) is 1.65. The lowest BCUT2D eigenvalue weighted by Crippen LogP contribution is -1.97. The SMILES string of the molecule is C=CC#N.NS(=O)[O-]. The molecule has 0 aromatic heterocycles. The Hall–Kier alpha value is -0.700. The molecule has 46 valence electrons. The molecule has 0 saturated carbocycles. The summed E-state index contributed by atoms with van der Waals surface area (Å²) in [7, 11) is 0. The summed E-state index contributed by atoms with van der Waals surface area (Å²) in [5.74, 6) is 0. The van der Waals surface area contributed by atoms with Gasteiger partial charge in [0.05, 0.1) is 6.07 Å². The molecule has 0 aliphatic carbocycles. The first kappa shape index (κ1) is 10.3. The third-order valence-corrected chi connectivity index (χ3v) is 0.0913. The Morgan fingerprint density at radius 3 is 2.12 bits per heavy atom. The molecule has 0 saturated heterocycles. The minimum Gasteiger partial charge on any atom is -0.760 e. The fourth-order valence-corrected chi connectivity index (χ4v) is 0. The fourth-order valence-electron chi connectivity index (χ4n) is 0. The lowest BCUT2D eigenvalue weighted by Gasteiger charge is -1.85. The normalized spacial score (nSPS) is 9.62. The van der Waals surface area contributed by atoms with Gasteiger partial charge in [-0.15, -0.1) is 0 Å². The van der Waals surface area contributed by atoms with Crippen LogP contribution in [0.4, 0.5) is 0 Å². The molecule has 8 heavy (non-hydrogen) atoms. The van der Waals surface area contributed by atoms with Gasteiger partial charge < -0.3 is 4.55 Å². The van der Waals surface area contributed by atoms with Gasteiger partial charge in [0.1, 0.15) is 0 Å². The summed E-state index contributed by atoms with van der Waals surface area (Å²) in [6, 6.07) is 1.69. The Morgan fingerprint density at radius 1 is 2.00 bits per heavy atom. The molecular weight excluding hydrogens is 128 g/mol. The van der Waals surface area contributed by atoms with Gasteiger partial charge in [-0.2, -0.15) is 5.26 Å². The minimum absolute atomic E-state index is 1.18. The van der Waals surface area contributed by atoms with Crippen LogP contribution in [0.25, 0.3) is 0 Å². The maximum Gasteiger partial charge on any atom is 0.0905 e. The van der Waals surface area contributed by atoms with Crippen molar-refractivity contribution in [3.8, 4) is 6.07 Å². The van der Waals surface area contributed by atoms with Crippen molar-refractivity contribution in [3.05, 3.63) is 12.7 Å². The smallest absolute Gasteiger partial charge is 0.0905 e. The Bertz CT molecular complexity index is 113. The molecule has 0 radical (unpaired) electrons. The standard InChI is InChI=1S/C3H3N.H3NO2S/c1-2-3-4;1-4(2)3/h2H,1H2;1H2,(H,2,3)/p-1. The van der Waals surface area contributed by atoms with E-state index >= 15 is 0 Å². The van der Waals surface area contributed by atoms with E-state index in [1.54, 1.807) is 6.07 Å². The van der Waals surface area contributed by atoms with E-state index in [0.717, 1.165) is 0 Å². The molecule has 1 unspecified atom stereocenters. The number of nitriles is 1. The zero-order valence-corrected chi connectivity index (χ0v) is 4.85. The molecule has 0 aromatic carbocycles. The number of hydrogen-bond acceptors (Lipinski definition) is 3. The van der Waals surface area contributed by atoms with Gasteiger partial charge in [-0.1, -0.05) is 6.58 Å². The molecule has 0 spiro atoms. The number of allylic oxidation sites excluding steroid dienone is 1. The van der Waals surface area contributed by atoms with Gasteiger partial charge in [0.2, 0.25) is 0 Å². The largest absolute Gasteiger partial charge is 0.760 e. The molecule has 0 fully saturated rings. The molecular formula is C3H5N2O2S-. The summed E-state index contributed by atoms with van der Waals surface area (Å²) in [5, 5.41) is 11.5. The van der Waals surface area contributed by atoms with Crippen LogP contribution in [0.15, 0.2) is 12.7 Å². The molecule has 0 aliphatic rings. The first-order chi connectivity index (χ1) is 3.65. The zero-order valence-electron chi connectivity index (χ0n) is 4.03. The summed E-state index contributed by atoms with van der Waals surface area (Å²) in [4.78, 5) is 0. The molecule has 5 heteroatoms. The number of hydrogen-bond donors (Lipinski definition) is 1. The van der Waals surface area contributed by atoms with Crippen LogP contribution in [0.3, 0.4) is 0 Å². The first-order valence-corrected chi connectivity index (χ1v) is 2.63. The molecule has 0 aromatic rings. The molecule has 0 amide bonds. The van der Waals surface area contributed by atoms with Crippen LogP contribution in [0, 0.1) is 11.3 Å². The van der Waals surface area contributed by atoms with E-state index in [1.807, 2.05) is 0 Å². The molecule has 0 bridgehead atoms. The Kier molecular flexibility index (Phi) is 12.3. The Morgan fingerprint density at radius 2 is 2.12 bits per heavy atom. The van der Waals surface area contributed by atoms with Crippen LogP contribution < -0.4 is 5.14 Å². The highest BCUT2D eigenvalue weighted by molar-refractivity contribution is 7.76. The van der Waals surface area contributed by atoms with Gasteiger partial charge in [-0.05, 0) is 0 Å². The topological polar surface area (TPSA) is 89.9 Å². The zero-order chi connectivity index (χ0) is 6.99. The summed E-state index contributed by atoms with van der Waals surface area (Å²) in [6.45, 7) is 3.12. The van der Waals surface area contributed by atoms with Crippen LogP contribution in [0.1, 0.15) is 0 Å². The number of nitrogens with two attached hydrogens (primary N) is 1. The van der Waals surface area contributed by atoms with Crippen molar-refractivity contribution in [1.29, 1.82) is 5.26 Å². The van der Waals surface area contributed by atoms with Crippen molar-refractivity contribution in [2.45, 2.75) is 0 Å². The highest BCUT2D eigenvalue weighted by atomic mass is 32.2. The van der Waals surface area contributed by atoms with Crippen molar-refractivity contribution in [2.24, 2.45) is 5.14 Å².